The number of nitrogens with zero attached hydrogens (tertiary/aromatic N) is 1. The van der Waals surface area contributed by atoms with Crippen LogP contribution in [0.25, 0.3) is 0 Å². The number of aromatic nitrogens is 1. The Labute approximate surface area is 156 Å². The molecule has 0 bridgehead atoms. The van der Waals surface area contributed by atoms with Crippen molar-refractivity contribution in [1.29, 1.82) is 0 Å². The highest BCUT2D eigenvalue weighted by Gasteiger charge is 2.32. The van der Waals surface area contributed by atoms with Crippen LogP contribution in [0.1, 0.15) is 17.5 Å². The third-order valence-corrected chi connectivity index (χ3v) is 3.77. The van der Waals surface area contributed by atoms with E-state index in [2.05, 4.69) is 5.32 Å². The van der Waals surface area contributed by atoms with Crippen molar-refractivity contribution in [3.63, 3.8) is 0 Å². The molecule has 0 aliphatic rings. The second-order valence-electron chi connectivity index (χ2n) is 5.54. The van der Waals surface area contributed by atoms with E-state index >= 15 is 0 Å². The first-order valence-corrected chi connectivity index (χ1v) is 8.13. The van der Waals surface area contributed by atoms with Crippen molar-refractivity contribution in [3.8, 4) is 0 Å². The van der Waals surface area contributed by atoms with Crippen LogP contribution in [0.5, 0.6) is 0 Å². The summed E-state index contributed by atoms with van der Waals surface area (Å²) in [7, 11) is 0. The SMILES string of the molecule is O=C(CCn1cc(C(F)(F)F)cc(Cl)c1=O)NC(=O)NCc1ccccc1. The van der Waals surface area contributed by atoms with Crippen molar-refractivity contribution < 1.29 is 22.8 Å². The number of hydrogen-bond donors (Lipinski definition) is 2. The Morgan fingerprint density at radius 2 is 1.81 bits per heavy atom. The molecule has 1 aromatic heterocycles. The second kappa shape index (κ2) is 8.72. The molecule has 6 nitrogen and oxygen atoms in total. The minimum Gasteiger partial charge on any atom is -0.334 e. The minimum atomic E-state index is -4.68. The number of pyridine rings is 1. The van der Waals surface area contributed by atoms with Crippen LogP contribution in [-0.2, 0) is 24.1 Å². The maximum Gasteiger partial charge on any atom is 0.417 e. The molecule has 2 aromatic rings. The molecule has 0 spiro atoms. The lowest BCUT2D eigenvalue weighted by Gasteiger charge is -2.12. The molecule has 27 heavy (non-hydrogen) atoms. The average Bonchev–Trinajstić information content (AvgIpc) is 2.61. The van der Waals surface area contributed by atoms with E-state index in [4.69, 9.17) is 11.6 Å². The van der Waals surface area contributed by atoms with Crippen LogP contribution >= 0.6 is 11.6 Å². The van der Waals surface area contributed by atoms with E-state index in [1.165, 1.54) is 0 Å². The summed E-state index contributed by atoms with van der Waals surface area (Å²) >= 11 is 5.53. The molecule has 0 saturated carbocycles. The number of rotatable bonds is 5. The molecule has 2 N–H and O–H groups in total. The van der Waals surface area contributed by atoms with Gasteiger partial charge in [0, 0.05) is 25.7 Å². The highest BCUT2D eigenvalue weighted by Crippen LogP contribution is 2.29. The summed E-state index contributed by atoms with van der Waals surface area (Å²) < 4.78 is 39.0. The Hall–Kier alpha value is -2.81. The number of carbonyl (C=O) groups excluding carboxylic acids is 2. The molecule has 2 rings (SSSR count). The molecule has 0 saturated heterocycles. The summed E-state index contributed by atoms with van der Waals surface area (Å²) in [4.78, 5) is 35.2. The lowest BCUT2D eigenvalue weighted by Crippen LogP contribution is -2.39. The topological polar surface area (TPSA) is 80.2 Å². The monoisotopic (exact) mass is 401 g/mol. The van der Waals surface area contributed by atoms with Gasteiger partial charge in [-0.2, -0.15) is 13.2 Å². The Bertz CT molecular complexity index is 882. The number of urea groups is 1. The van der Waals surface area contributed by atoms with E-state index in [0.29, 0.717) is 16.8 Å². The van der Waals surface area contributed by atoms with Gasteiger partial charge in [0.25, 0.3) is 5.56 Å². The number of alkyl halides is 3. The van der Waals surface area contributed by atoms with Crippen molar-refractivity contribution in [3.05, 3.63) is 69.1 Å². The number of amides is 3. The predicted octanol–water partition coefficient (Wildman–Crippen LogP) is 2.94. The van der Waals surface area contributed by atoms with Crippen molar-refractivity contribution in [1.82, 2.24) is 15.2 Å². The van der Waals surface area contributed by atoms with Crippen LogP contribution in [0.3, 0.4) is 0 Å². The van der Waals surface area contributed by atoms with Crippen LogP contribution in [0.2, 0.25) is 5.02 Å². The van der Waals surface area contributed by atoms with Crippen molar-refractivity contribution in [2.45, 2.75) is 25.7 Å². The van der Waals surface area contributed by atoms with Gasteiger partial charge in [0.05, 0.1) is 5.56 Å². The summed E-state index contributed by atoms with van der Waals surface area (Å²) in [6.45, 7) is -0.164. The average molecular weight is 402 g/mol. The summed E-state index contributed by atoms with van der Waals surface area (Å²) in [5, 5.41) is 3.90. The zero-order valence-corrected chi connectivity index (χ0v) is 14.6. The van der Waals surface area contributed by atoms with Crippen LogP contribution < -0.4 is 16.2 Å². The number of halogens is 4. The van der Waals surface area contributed by atoms with E-state index in [1.807, 2.05) is 11.4 Å². The van der Waals surface area contributed by atoms with Crippen LogP contribution in [-0.4, -0.2) is 16.5 Å². The second-order valence-corrected chi connectivity index (χ2v) is 5.95. The maximum atomic E-state index is 12.8. The van der Waals surface area contributed by atoms with Gasteiger partial charge < -0.3 is 9.88 Å². The van der Waals surface area contributed by atoms with Crippen molar-refractivity contribution >= 4 is 23.5 Å². The van der Waals surface area contributed by atoms with Crippen LogP contribution in [0, 0.1) is 0 Å². The summed E-state index contributed by atoms with van der Waals surface area (Å²) in [5.74, 6) is -0.749. The number of nitrogens with one attached hydrogen (secondary N) is 2. The normalized spacial score (nSPS) is 11.1. The summed E-state index contributed by atoms with van der Waals surface area (Å²) in [6, 6.07) is 8.73. The molecule has 0 radical (unpaired) electrons. The van der Waals surface area contributed by atoms with E-state index < -0.39 is 34.3 Å². The van der Waals surface area contributed by atoms with Gasteiger partial charge >= 0.3 is 12.2 Å². The van der Waals surface area contributed by atoms with Gasteiger partial charge in [0.15, 0.2) is 0 Å². The summed E-state index contributed by atoms with van der Waals surface area (Å²) in [6.07, 6.45) is -4.48. The molecule has 1 heterocycles. The molecular weight excluding hydrogens is 387 g/mol. The molecule has 1 aromatic carbocycles. The molecule has 144 valence electrons. The molecule has 0 aliphatic carbocycles. The van der Waals surface area contributed by atoms with Crippen LogP contribution in [0.15, 0.2) is 47.4 Å². The van der Waals surface area contributed by atoms with Gasteiger partial charge in [-0.15, -0.1) is 0 Å². The fourth-order valence-electron chi connectivity index (χ4n) is 2.15. The zero-order chi connectivity index (χ0) is 20.0. The third kappa shape index (κ3) is 6.14. The van der Waals surface area contributed by atoms with Crippen LogP contribution in [0.4, 0.5) is 18.0 Å². The molecule has 10 heteroatoms. The van der Waals surface area contributed by atoms with Gasteiger partial charge in [-0.1, -0.05) is 41.9 Å². The van der Waals surface area contributed by atoms with Gasteiger partial charge in [-0.25, -0.2) is 4.79 Å². The van der Waals surface area contributed by atoms with Gasteiger partial charge in [0.2, 0.25) is 5.91 Å². The largest absolute Gasteiger partial charge is 0.417 e. The number of carbonyl (C=O) groups is 2. The molecule has 3 amide bonds. The van der Waals surface area contributed by atoms with Crippen molar-refractivity contribution in [2.24, 2.45) is 0 Å². The first-order valence-electron chi connectivity index (χ1n) is 7.75. The number of hydrogen-bond acceptors (Lipinski definition) is 3. The number of aryl methyl sites for hydroxylation is 1. The maximum absolute atomic E-state index is 12.8. The fourth-order valence-corrected chi connectivity index (χ4v) is 2.38. The quantitative estimate of drug-likeness (QED) is 0.808. The lowest BCUT2D eigenvalue weighted by molar-refractivity contribution is -0.138. The van der Waals surface area contributed by atoms with E-state index in [1.54, 1.807) is 24.3 Å². The lowest BCUT2D eigenvalue weighted by atomic mass is 10.2. The molecular formula is C17H15ClF3N3O3. The first-order chi connectivity index (χ1) is 12.7. The highest BCUT2D eigenvalue weighted by molar-refractivity contribution is 6.30. The summed E-state index contributed by atoms with van der Waals surface area (Å²) in [5.41, 5.74) is -1.13. The highest BCUT2D eigenvalue weighted by atomic mass is 35.5. The Morgan fingerprint density at radius 3 is 2.44 bits per heavy atom. The van der Waals surface area contributed by atoms with Crippen molar-refractivity contribution in [2.75, 3.05) is 0 Å². The molecule has 0 aliphatic heterocycles. The fraction of sp³-hybridized carbons (Fsp3) is 0.235. The number of benzene rings is 1. The van der Waals surface area contributed by atoms with E-state index in [9.17, 15) is 27.6 Å². The minimum absolute atomic E-state index is 0.197. The third-order valence-electron chi connectivity index (χ3n) is 3.50. The first kappa shape index (κ1) is 20.5. The Morgan fingerprint density at radius 1 is 1.15 bits per heavy atom. The smallest absolute Gasteiger partial charge is 0.334 e. The van der Waals surface area contributed by atoms with E-state index in [-0.39, 0.29) is 19.5 Å². The van der Waals surface area contributed by atoms with E-state index in [0.717, 1.165) is 5.56 Å². The van der Waals surface area contributed by atoms with Gasteiger partial charge in [-0.3, -0.25) is 14.9 Å². The molecule has 0 unspecified atom stereocenters. The zero-order valence-electron chi connectivity index (χ0n) is 13.8. The Kier molecular flexibility index (Phi) is 6.62. The Balaban J connectivity index is 1.90. The molecule has 0 fully saturated rings. The molecule has 0 atom stereocenters. The number of imide groups is 1. The van der Waals surface area contributed by atoms with Gasteiger partial charge in [-0.05, 0) is 11.6 Å². The van der Waals surface area contributed by atoms with Gasteiger partial charge in [0.1, 0.15) is 5.02 Å². The standard InChI is InChI=1S/C17H15ClF3N3O3/c18-13-8-12(17(19,20)21)10-24(15(13)26)7-6-14(25)23-16(27)22-9-11-4-2-1-3-5-11/h1-5,8,10H,6-7,9H2,(H2,22,23,25,27). The predicted molar refractivity (Wildman–Crippen MR) is 92.2 cm³/mol.